The molecule has 3 aromatic rings. The highest BCUT2D eigenvalue weighted by molar-refractivity contribution is 6.36. The van der Waals surface area contributed by atoms with E-state index >= 15 is 0 Å². The van der Waals surface area contributed by atoms with E-state index < -0.39 is 0 Å². The van der Waals surface area contributed by atoms with Crippen LogP contribution in [0.3, 0.4) is 0 Å². The van der Waals surface area contributed by atoms with E-state index in [1.807, 2.05) is 66.7 Å². The summed E-state index contributed by atoms with van der Waals surface area (Å²) < 4.78 is 5.26. The molecule has 0 atom stereocenters. The molecule has 1 N–H and O–H groups in total. The smallest absolute Gasteiger partial charge is 0.278 e. The number of hydrogen-bond acceptors (Lipinski definition) is 4. The molecule has 2 amide bonds. The van der Waals surface area contributed by atoms with Gasteiger partial charge in [-0.25, -0.2) is 0 Å². The van der Waals surface area contributed by atoms with Gasteiger partial charge in [-0.15, -0.1) is 0 Å². The standard InChI is InChI=1S/C29H30N2O3/c1-29(2,3)22-12-14-23(15-13-22)30-26-25(21-10-16-24(34-4)17-11-21)27(32)31(28(26)33)19-18-20-8-6-5-7-9-20/h5-17,30H,18-19H2,1-4H3. The number of nitrogens with zero attached hydrogens (tertiary/aromatic N) is 1. The summed E-state index contributed by atoms with van der Waals surface area (Å²) >= 11 is 0. The quantitative estimate of drug-likeness (QED) is 0.484. The molecule has 0 aliphatic carbocycles. The molecule has 1 heterocycles. The molecule has 5 nitrogen and oxygen atoms in total. The molecule has 174 valence electrons. The van der Waals surface area contributed by atoms with Crippen molar-refractivity contribution >= 4 is 23.1 Å². The van der Waals surface area contributed by atoms with E-state index in [9.17, 15) is 9.59 Å². The normalized spacial score (nSPS) is 14.1. The van der Waals surface area contributed by atoms with Crippen molar-refractivity contribution in [2.24, 2.45) is 0 Å². The number of nitrogens with one attached hydrogen (secondary N) is 1. The summed E-state index contributed by atoms with van der Waals surface area (Å²) in [5.74, 6) is 0.0842. The molecule has 0 fully saturated rings. The van der Waals surface area contributed by atoms with Gasteiger partial charge in [-0.05, 0) is 52.8 Å². The Morgan fingerprint density at radius 2 is 1.47 bits per heavy atom. The summed E-state index contributed by atoms with van der Waals surface area (Å²) in [6.45, 7) is 6.78. The minimum Gasteiger partial charge on any atom is -0.497 e. The lowest BCUT2D eigenvalue weighted by Gasteiger charge is -2.19. The van der Waals surface area contributed by atoms with Crippen LogP contribution in [0.25, 0.3) is 5.57 Å². The molecule has 5 heteroatoms. The van der Waals surface area contributed by atoms with E-state index in [2.05, 4.69) is 26.1 Å². The molecule has 0 unspecified atom stereocenters. The zero-order valence-corrected chi connectivity index (χ0v) is 20.1. The Labute approximate surface area is 201 Å². The fourth-order valence-corrected chi connectivity index (χ4v) is 4.00. The van der Waals surface area contributed by atoms with Crippen molar-refractivity contribution in [3.8, 4) is 5.75 Å². The number of carbonyl (C=O) groups excluding carboxylic acids is 2. The maximum Gasteiger partial charge on any atom is 0.278 e. The van der Waals surface area contributed by atoms with Crippen LogP contribution in [0.4, 0.5) is 5.69 Å². The van der Waals surface area contributed by atoms with Crippen LogP contribution in [0.15, 0.2) is 84.6 Å². The molecule has 0 saturated carbocycles. The van der Waals surface area contributed by atoms with E-state index in [1.165, 1.54) is 10.5 Å². The van der Waals surface area contributed by atoms with Crippen molar-refractivity contribution in [3.05, 3.63) is 101 Å². The van der Waals surface area contributed by atoms with Gasteiger partial charge in [-0.2, -0.15) is 0 Å². The zero-order chi connectivity index (χ0) is 24.3. The number of rotatable bonds is 7. The zero-order valence-electron chi connectivity index (χ0n) is 20.1. The maximum atomic E-state index is 13.5. The lowest BCUT2D eigenvalue weighted by Crippen LogP contribution is -2.34. The average molecular weight is 455 g/mol. The van der Waals surface area contributed by atoms with Gasteiger partial charge in [0.1, 0.15) is 11.4 Å². The average Bonchev–Trinajstić information content (AvgIpc) is 3.07. The highest BCUT2D eigenvalue weighted by atomic mass is 16.5. The highest BCUT2D eigenvalue weighted by Crippen LogP contribution is 2.32. The summed E-state index contributed by atoms with van der Waals surface area (Å²) in [5.41, 5.74) is 4.41. The molecule has 0 spiro atoms. The molecule has 0 aromatic heterocycles. The van der Waals surface area contributed by atoms with Crippen LogP contribution in [0.5, 0.6) is 5.75 Å². The van der Waals surface area contributed by atoms with Gasteiger partial charge >= 0.3 is 0 Å². The second-order valence-electron chi connectivity index (χ2n) is 9.43. The molecule has 34 heavy (non-hydrogen) atoms. The van der Waals surface area contributed by atoms with Crippen molar-refractivity contribution < 1.29 is 14.3 Å². The number of ether oxygens (including phenoxy) is 1. The van der Waals surface area contributed by atoms with Gasteiger partial charge < -0.3 is 10.1 Å². The lowest BCUT2D eigenvalue weighted by atomic mass is 9.87. The van der Waals surface area contributed by atoms with Crippen LogP contribution < -0.4 is 10.1 Å². The third-order valence-corrected chi connectivity index (χ3v) is 6.03. The Morgan fingerprint density at radius 3 is 2.06 bits per heavy atom. The number of benzene rings is 3. The Morgan fingerprint density at radius 1 is 0.824 bits per heavy atom. The first-order valence-corrected chi connectivity index (χ1v) is 11.4. The van der Waals surface area contributed by atoms with Crippen molar-refractivity contribution in [1.29, 1.82) is 0 Å². The van der Waals surface area contributed by atoms with E-state index in [4.69, 9.17) is 4.74 Å². The first-order valence-electron chi connectivity index (χ1n) is 11.4. The van der Waals surface area contributed by atoms with Gasteiger partial charge in [0.15, 0.2) is 0 Å². The Hall–Kier alpha value is -3.86. The fourth-order valence-electron chi connectivity index (χ4n) is 4.00. The largest absolute Gasteiger partial charge is 0.497 e. The fraction of sp³-hybridized carbons (Fsp3) is 0.241. The minimum absolute atomic E-state index is 0.0272. The maximum absolute atomic E-state index is 13.5. The molecular weight excluding hydrogens is 424 g/mol. The number of amides is 2. The van der Waals surface area contributed by atoms with Crippen molar-refractivity contribution in [1.82, 2.24) is 4.90 Å². The van der Waals surface area contributed by atoms with Gasteiger partial charge in [-0.1, -0.05) is 75.4 Å². The van der Waals surface area contributed by atoms with Gasteiger partial charge in [0.2, 0.25) is 0 Å². The highest BCUT2D eigenvalue weighted by Gasteiger charge is 2.39. The van der Waals surface area contributed by atoms with Gasteiger partial charge in [0.05, 0.1) is 12.7 Å². The molecule has 4 rings (SSSR count). The number of hydrogen-bond donors (Lipinski definition) is 1. The lowest BCUT2D eigenvalue weighted by molar-refractivity contribution is -0.136. The van der Waals surface area contributed by atoms with Crippen molar-refractivity contribution in [2.45, 2.75) is 32.6 Å². The first kappa shape index (κ1) is 23.3. The molecule has 0 saturated heterocycles. The van der Waals surface area contributed by atoms with E-state index in [1.54, 1.807) is 19.2 Å². The first-order chi connectivity index (χ1) is 16.3. The number of anilines is 1. The molecule has 0 bridgehead atoms. The Balaban J connectivity index is 1.66. The van der Waals surface area contributed by atoms with Crippen LogP contribution in [0, 0.1) is 0 Å². The van der Waals surface area contributed by atoms with Gasteiger partial charge in [0.25, 0.3) is 11.8 Å². The van der Waals surface area contributed by atoms with E-state index in [0.29, 0.717) is 35.5 Å². The summed E-state index contributed by atoms with van der Waals surface area (Å²) in [5, 5.41) is 3.24. The van der Waals surface area contributed by atoms with E-state index in [-0.39, 0.29) is 17.2 Å². The summed E-state index contributed by atoms with van der Waals surface area (Å²) in [4.78, 5) is 28.2. The predicted molar refractivity (Wildman–Crippen MR) is 136 cm³/mol. The van der Waals surface area contributed by atoms with Crippen LogP contribution in [-0.2, 0) is 21.4 Å². The molecule has 0 radical (unpaired) electrons. The third kappa shape index (κ3) is 4.88. The second kappa shape index (κ2) is 9.56. The van der Waals surface area contributed by atoms with Gasteiger partial charge in [0, 0.05) is 12.2 Å². The van der Waals surface area contributed by atoms with Crippen LogP contribution in [0.2, 0.25) is 0 Å². The monoisotopic (exact) mass is 454 g/mol. The SMILES string of the molecule is COc1ccc(C2=C(Nc3ccc(C(C)(C)C)cc3)C(=O)N(CCc3ccccc3)C2=O)cc1. The van der Waals surface area contributed by atoms with Crippen molar-refractivity contribution in [2.75, 3.05) is 19.0 Å². The van der Waals surface area contributed by atoms with E-state index in [0.717, 1.165) is 11.3 Å². The topological polar surface area (TPSA) is 58.6 Å². The Bertz CT molecular complexity index is 1200. The number of carbonyl (C=O) groups is 2. The predicted octanol–water partition coefficient (Wildman–Crippen LogP) is 5.43. The Kier molecular flexibility index (Phi) is 6.55. The van der Waals surface area contributed by atoms with Gasteiger partial charge in [-0.3, -0.25) is 14.5 Å². The summed E-state index contributed by atoms with van der Waals surface area (Å²) in [6, 6.07) is 25.1. The summed E-state index contributed by atoms with van der Waals surface area (Å²) in [7, 11) is 1.60. The number of imide groups is 1. The van der Waals surface area contributed by atoms with Crippen LogP contribution in [-0.4, -0.2) is 30.4 Å². The molecule has 1 aliphatic heterocycles. The molecule has 3 aromatic carbocycles. The minimum atomic E-state index is -0.313. The van der Waals surface area contributed by atoms with Crippen LogP contribution >= 0.6 is 0 Å². The number of methoxy groups -OCH3 is 1. The second-order valence-corrected chi connectivity index (χ2v) is 9.43. The van der Waals surface area contributed by atoms with Crippen molar-refractivity contribution in [3.63, 3.8) is 0 Å². The molecule has 1 aliphatic rings. The molecular formula is C29H30N2O3. The van der Waals surface area contributed by atoms with Crippen LogP contribution in [0.1, 0.15) is 37.5 Å². The third-order valence-electron chi connectivity index (χ3n) is 6.03. The summed E-state index contributed by atoms with van der Waals surface area (Å²) in [6.07, 6.45) is 0.599.